The molecule has 0 bridgehead atoms. The van der Waals surface area contributed by atoms with Gasteiger partial charge in [0.2, 0.25) is 11.6 Å². The highest BCUT2D eigenvalue weighted by Crippen LogP contribution is 2.42. The van der Waals surface area contributed by atoms with Gasteiger partial charge in [0.05, 0.1) is 4.99 Å². The van der Waals surface area contributed by atoms with Gasteiger partial charge in [-0.05, 0) is 22.4 Å². The summed E-state index contributed by atoms with van der Waals surface area (Å²) in [6, 6.07) is -0.553. The van der Waals surface area contributed by atoms with Crippen LogP contribution < -0.4 is 10.6 Å². The Kier molecular flexibility index (Phi) is 5.48. The lowest BCUT2D eigenvalue weighted by atomic mass is 10.0. The van der Waals surface area contributed by atoms with Crippen molar-refractivity contribution in [2.45, 2.75) is 29.0 Å². The molecule has 2 aliphatic heterocycles. The highest BCUT2D eigenvalue weighted by atomic mass is 32.2. The van der Waals surface area contributed by atoms with Crippen LogP contribution in [0.4, 0.5) is 0 Å². The van der Waals surface area contributed by atoms with Gasteiger partial charge in [0.15, 0.2) is 0 Å². The van der Waals surface area contributed by atoms with Gasteiger partial charge in [0.1, 0.15) is 17.1 Å². The van der Waals surface area contributed by atoms with E-state index in [0.717, 1.165) is 6.42 Å². The Balaban J connectivity index is 1.43. The third-order valence-electron chi connectivity index (χ3n) is 4.91. The van der Waals surface area contributed by atoms with Crippen molar-refractivity contribution in [3.8, 4) is 0 Å². The van der Waals surface area contributed by atoms with Crippen molar-refractivity contribution in [2.24, 2.45) is 13.0 Å². The standard InChI is InChI=1S/C15H17N7O4S3/c1-21-15(18-19-20-21)29-4-6-3-28-13-9(12(24)22(13)10(6)14(25)26)17-11(27)7-2-8(7)16-5-23/h5,7-9,13H,2-4H2,1H3,(H,16,23)(H,17,27)(H,25,26)/t7-,8+,9?,13-/m0/s1. The number of thioether (sulfide) groups is 2. The number of hydrogen-bond donors (Lipinski definition) is 3. The predicted molar refractivity (Wildman–Crippen MR) is 108 cm³/mol. The van der Waals surface area contributed by atoms with Crippen molar-refractivity contribution in [2.75, 3.05) is 11.5 Å². The molecule has 29 heavy (non-hydrogen) atoms. The van der Waals surface area contributed by atoms with Gasteiger partial charge in [-0.3, -0.25) is 14.5 Å². The first-order valence-electron chi connectivity index (χ1n) is 8.67. The summed E-state index contributed by atoms with van der Waals surface area (Å²) < 4.78 is 1.50. The normalized spacial score (nSPS) is 27.8. The lowest BCUT2D eigenvalue weighted by Gasteiger charge is -2.49. The third-order valence-corrected chi connectivity index (χ3v) is 7.77. The van der Waals surface area contributed by atoms with Gasteiger partial charge in [-0.1, -0.05) is 24.0 Å². The molecule has 0 radical (unpaired) electrons. The zero-order valence-corrected chi connectivity index (χ0v) is 17.6. The van der Waals surface area contributed by atoms with Crippen LogP contribution in [-0.4, -0.2) is 82.5 Å². The Labute approximate surface area is 179 Å². The number of carbonyl (C=O) groups is 3. The first-order valence-corrected chi connectivity index (χ1v) is 11.1. The van der Waals surface area contributed by atoms with Crippen molar-refractivity contribution in [3.63, 3.8) is 0 Å². The molecule has 154 valence electrons. The molecule has 0 spiro atoms. The molecule has 1 aromatic rings. The summed E-state index contributed by atoms with van der Waals surface area (Å²) in [6.45, 7) is 0. The Morgan fingerprint density at radius 3 is 2.97 bits per heavy atom. The number of carboxylic acids is 1. The maximum atomic E-state index is 12.7. The van der Waals surface area contributed by atoms with E-state index in [1.807, 2.05) is 0 Å². The maximum absolute atomic E-state index is 12.7. The number of thiocarbonyl (C=S) groups is 1. The van der Waals surface area contributed by atoms with Gasteiger partial charge in [-0.15, -0.1) is 16.9 Å². The van der Waals surface area contributed by atoms with E-state index in [1.54, 1.807) is 7.05 Å². The second kappa shape index (κ2) is 7.91. The minimum Gasteiger partial charge on any atom is -0.477 e. The van der Waals surface area contributed by atoms with E-state index in [-0.39, 0.29) is 28.9 Å². The number of aliphatic carboxylic acids is 1. The van der Waals surface area contributed by atoms with Crippen molar-refractivity contribution >= 4 is 59.0 Å². The Bertz CT molecular complexity index is 919. The van der Waals surface area contributed by atoms with Gasteiger partial charge >= 0.3 is 5.97 Å². The van der Waals surface area contributed by atoms with E-state index in [2.05, 4.69) is 26.2 Å². The molecule has 1 unspecified atom stereocenters. The summed E-state index contributed by atoms with van der Waals surface area (Å²) in [6.07, 6.45) is 1.38. The van der Waals surface area contributed by atoms with Crippen LogP contribution in [0, 0.1) is 5.92 Å². The monoisotopic (exact) mass is 455 g/mol. The number of aryl methyl sites for hydroxylation is 1. The first kappa shape index (κ1) is 20.1. The lowest BCUT2D eigenvalue weighted by molar-refractivity contribution is -0.148. The lowest BCUT2D eigenvalue weighted by Crippen LogP contribution is -2.70. The number of tetrazole rings is 1. The quantitative estimate of drug-likeness (QED) is 0.192. The molecule has 2 amide bonds. The van der Waals surface area contributed by atoms with Crippen molar-refractivity contribution in [3.05, 3.63) is 11.3 Å². The molecule has 2 fully saturated rings. The predicted octanol–water partition coefficient (Wildman–Crippen LogP) is -1.02. The first-order chi connectivity index (χ1) is 13.9. The van der Waals surface area contributed by atoms with E-state index < -0.39 is 12.0 Å². The highest BCUT2D eigenvalue weighted by molar-refractivity contribution is 8.01. The number of rotatable bonds is 8. The molecule has 1 aliphatic carbocycles. The van der Waals surface area contributed by atoms with Gasteiger partial charge in [0.25, 0.3) is 5.91 Å². The number of β-lactam (4-membered cyclic amide) rings is 1. The molecule has 14 heteroatoms. The summed E-state index contributed by atoms with van der Waals surface area (Å²) in [4.78, 5) is 37.0. The van der Waals surface area contributed by atoms with Crippen LogP contribution in [0.1, 0.15) is 6.42 Å². The fraction of sp³-hybridized carbons (Fsp3) is 0.533. The van der Waals surface area contributed by atoms with Crippen LogP contribution in [-0.2, 0) is 21.4 Å². The second-order valence-electron chi connectivity index (χ2n) is 6.76. The van der Waals surface area contributed by atoms with Gasteiger partial charge in [0, 0.05) is 30.5 Å². The molecule has 3 heterocycles. The Hall–Kier alpha value is -2.19. The number of carboxylic acid groups (broad SMARTS) is 1. The van der Waals surface area contributed by atoms with Crippen LogP contribution >= 0.6 is 35.7 Å². The Morgan fingerprint density at radius 1 is 1.52 bits per heavy atom. The van der Waals surface area contributed by atoms with Gasteiger partial charge < -0.3 is 15.7 Å². The average Bonchev–Trinajstić information content (AvgIpc) is 3.35. The number of nitrogens with zero attached hydrogens (tertiary/aromatic N) is 5. The van der Waals surface area contributed by atoms with Crippen LogP contribution in [0.2, 0.25) is 0 Å². The number of aromatic nitrogens is 4. The summed E-state index contributed by atoms with van der Waals surface area (Å²) in [5.74, 6) is -0.569. The number of hydrogen-bond acceptors (Lipinski definition) is 9. The third kappa shape index (κ3) is 3.71. The zero-order chi connectivity index (χ0) is 20.7. The second-order valence-corrected chi connectivity index (χ2v) is 9.25. The molecule has 1 saturated carbocycles. The summed E-state index contributed by atoms with van der Waals surface area (Å²) in [5.41, 5.74) is 0.677. The molecular formula is C15H17N7O4S3. The highest BCUT2D eigenvalue weighted by Gasteiger charge is 2.55. The van der Waals surface area contributed by atoms with Crippen molar-refractivity contribution in [1.29, 1.82) is 0 Å². The van der Waals surface area contributed by atoms with Crippen LogP contribution in [0.3, 0.4) is 0 Å². The van der Waals surface area contributed by atoms with Crippen molar-refractivity contribution < 1.29 is 19.5 Å². The van der Waals surface area contributed by atoms with Gasteiger partial charge in [-0.25, -0.2) is 9.48 Å². The minimum absolute atomic E-state index is 0.00555. The minimum atomic E-state index is -1.13. The van der Waals surface area contributed by atoms with Crippen LogP contribution in [0.15, 0.2) is 16.4 Å². The molecule has 0 aromatic carbocycles. The largest absolute Gasteiger partial charge is 0.477 e. The van der Waals surface area contributed by atoms with Gasteiger partial charge in [-0.2, -0.15) is 0 Å². The smallest absolute Gasteiger partial charge is 0.352 e. The maximum Gasteiger partial charge on any atom is 0.352 e. The Morgan fingerprint density at radius 2 is 2.31 bits per heavy atom. The van der Waals surface area contributed by atoms with E-state index in [0.29, 0.717) is 33.6 Å². The van der Waals surface area contributed by atoms with E-state index in [9.17, 15) is 19.5 Å². The molecule has 1 aromatic heterocycles. The SMILES string of the molecule is Cn1nnnc1SCC1=C(C(=O)O)N2C(=O)C(NC(=S)[C@H]3C[C@H]3NC=O)[C@@H]2SC1. The molecular weight excluding hydrogens is 438 g/mol. The summed E-state index contributed by atoms with van der Waals surface area (Å²) in [5, 5.41) is 26.9. The zero-order valence-electron chi connectivity index (χ0n) is 15.1. The average molecular weight is 456 g/mol. The van der Waals surface area contributed by atoms with Crippen LogP contribution in [0.25, 0.3) is 0 Å². The molecule has 4 rings (SSSR count). The van der Waals surface area contributed by atoms with E-state index >= 15 is 0 Å². The number of carbonyl (C=O) groups excluding carboxylic acids is 2. The number of fused-ring (bicyclic) bond motifs is 1. The summed E-state index contributed by atoms with van der Waals surface area (Å²) >= 11 is 8.18. The molecule has 3 N–H and O–H groups in total. The fourth-order valence-electron chi connectivity index (χ4n) is 3.31. The molecule has 4 atom stereocenters. The van der Waals surface area contributed by atoms with Crippen LogP contribution in [0.5, 0.6) is 0 Å². The molecule has 3 aliphatic rings. The van der Waals surface area contributed by atoms with E-state index in [1.165, 1.54) is 33.1 Å². The number of amides is 2. The number of nitrogens with one attached hydrogen (secondary N) is 2. The molecule has 11 nitrogen and oxygen atoms in total. The summed E-state index contributed by atoms with van der Waals surface area (Å²) in [7, 11) is 1.70. The topological polar surface area (TPSA) is 142 Å². The van der Waals surface area contributed by atoms with E-state index in [4.69, 9.17) is 12.2 Å². The van der Waals surface area contributed by atoms with Crippen molar-refractivity contribution in [1.82, 2.24) is 35.7 Å². The fourth-order valence-corrected chi connectivity index (χ4v) is 6.03. The molecule has 1 saturated heterocycles.